The number of pyridine rings is 1. The average Bonchev–Trinajstić information content (AvgIpc) is 2.63. The van der Waals surface area contributed by atoms with E-state index in [1.54, 1.807) is 48.5 Å². The molecule has 1 aromatic carbocycles. The first-order chi connectivity index (χ1) is 12.1. The third-order valence-corrected chi connectivity index (χ3v) is 3.69. The molecule has 1 aromatic heterocycles. The minimum Gasteiger partial charge on any atom is -0.466 e. The molecular weight excluding hydrogens is 323 g/mol. The summed E-state index contributed by atoms with van der Waals surface area (Å²) in [7, 11) is 0. The molecule has 0 radical (unpaired) electrons. The maximum atomic E-state index is 13.0. The number of benzene rings is 1. The van der Waals surface area contributed by atoms with E-state index < -0.39 is 0 Å². The zero-order valence-electron chi connectivity index (χ0n) is 14.2. The van der Waals surface area contributed by atoms with Crippen molar-refractivity contribution >= 4 is 11.9 Å². The van der Waals surface area contributed by atoms with Crippen LogP contribution in [0.25, 0.3) is 0 Å². The van der Waals surface area contributed by atoms with E-state index in [1.165, 1.54) is 12.1 Å². The minimum atomic E-state index is -0.336. The molecule has 132 valence electrons. The van der Waals surface area contributed by atoms with Gasteiger partial charge in [0.15, 0.2) is 0 Å². The van der Waals surface area contributed by atoms with Crippen LogP contribution >= 0.6 is 0 Å². The molecule has 0 atom stereocenters. The monoisotopic (exact) mass is 344 g/mol. The predicted molar refractivity (Wildman–Crippen MR) is 91.5 cm³/mol. The number of rotatable bonds is 8. The predicted octanol–water partition coefficient (Wildman–Crippen LogP) is 2.86. The van der Waals surface area contributed by atoms with Crippen LogP contribution in [0.5, 0.6) is 0 Å². The van der Waals surface area contributed by atoms with Gasteiger partial charge in [-0.15, -0.1) is 0 Å². The van der Waals surface area contributed by atoms with Crippen LogP contribution in [0.4, 0.5) is 4.39 Å². The molecule has 1 heterocycles. The Bertz CT molecular complexity index is 690. The molecule has 0 bridgehead atoms. The fraction of sp³-hybridized carbons (Fsp3) is 0.316. The summed E-state index contributed by atoms with van der Waals surface area (Å²) in [5.41, 5.74) is 1.43. The van der Waals surface area contributed by atoms with Crippen LogP contribution in [-0.2, 0) is 16.0 Å². The van der Waals surface area contributed by atoms with Gasteiger partial charge < -0.3 is 9.64 Å². The highest BCUT2D eigenvalue weighted by Crippen LogP contribution is 2.09. The Morgan fingerprint density at radius 1 is 1.08 bits per heavy atom. The molecule has 0 spiro atoms. The Labute approximate surface area is 146 Å². The van der Waals surface area contributed by atoms with Crippen LogP contribution in [0.15, 0.2) is 48.8 Å². The average molecular weight is 344 g/mol. The van der Waals surface area contributed by atoms with Gasteiger partial charge in [0.25, 0.3) is 5.91 Å². The molecule has 5 nitrogen and oxygen atoms in total. The number of ether oxygens (including phenoxy) is 1. The molecular formula is C19H21FN2O3. The van der Waals surface area contributed by atoms with E-state index in [4.69, 9.17) is 4.74 Å². The largest absolute Gasteiger partial charge is 0.466 e. The maximum Gasteiger partial charge on any atom is 0.307 e. The third kappa shape index (κ3) is 5.99. The summed E-state index contributed by atoms with van der Waals surface area (Å²) in [5, 5.41) is 0. The standard InChI is InChI=1S/C19H21FN2O3/c1-2-25-18(23)10-14-22(19(24)16-7-11-21-12-8-16)13-9-15-3-5-17(20)6-4-15/h3-8,11-12H,2,9-10,13-14H2,1H3. The van der Waals surface area contributed by atoms with Gasteiger partial charge in [-0.3, -0.25) is 14.6 Å². The summed E-state index contributed by atoms with van der Waals surface area (Å²) >= 11 is 0. The normalized spacial score (nSPS) is 10.3. The highest BCUT2D eigenvalue weighted by Gasteiger charge is 2.17. The zero-order valence-corrected chi connectivity index (χ0v) is 14.2. The molecule has 0 aliphatic heterocycles. The van der Waals surface area contributed by atoms with Crippen molar-refractivity contribution in [3.8, 4) is 0 Å². The molecule has 1 amide bonds. The lowest BCUT2D eigenvalue weighted by molar-refractivity contribution is -0.143. The van der Waals surface area contributed by atoms with E-state index in [-0.39, 0.29) is 30.7 Å². The summed E-state index contributed by atoms with van der Waals surface area (Å²) in [6.45, 7) is 2.74. The van der Waals surface area contributed by atoms with E-state index in [9.17, 15) is 14.0 Å². The Morgan fingerprint density at radius 2 is 1.76 bits per heavy atom. The van der Waals surface area contributed by atoms with Gasteiger partial charge in [0.2, 0.25) is 0 Å². The second-order valence-corrected chi connectivity index (χ2v) is 5.46. The van der Waals surface area contributed by atoms with Crippen molar-refractivity contribution in [2.45, 2.75) is 19.8 Å². The number of carbonyl (C=O) groups excluding carboxylic acids is 2. The molecule has 0 saturated heterocycles. The summed E-state index contributed by atoms with van der Waals surface area (Å²) in [5.74, 6) is -0.804. The molecule has 2 aromatic rings. The smallest absolute Gasteiger partial charge is 0.307 e. The first-order valence-corrected chi connectivity index (χ1v) is 8.19. The quantitative estimate of drug-likeness (QED) is 0.691. The van der Waals surface area contributed by atoms with Crippen molar-refractivity contribution in [1.82, 2.24) is 9.88 Å². The van der Waals surface area contributed by atoms with Gasteiger partial charge in [0.1, 0.15) is 5.82 Å². The van der Waals surface area contributed by atoms with Gasteiger partial charge in [-0.1, -0.05) is 12.1 Å². The fourth-order valence-electron chi connectivity index (χ4n) is 2.37. The van der Waals surface area contributed by atoms with Crippen molar-refractivity contribution < 1.29 is 18.7 Å². The third-order valence-electron chi connectivity index (χ3n) is 3.69. The van der Waals surface area contributed by atoms with Gasteiger partial charge in [0, 0.05) is 31.0 Å². The lowest BCUT2D eigenvalue weighted by Crippen LogP contribution is -2.35. The molecule has 0 saturated carbocycles. The number of esters is 1. The number of carbonyl (C=O) groups is 2. The lowest BCUT2D eigenvalue weighted by atomic mass is 10.1. The van der Waals surface area contributed by atoms with Crippen molar-refractivity contribution in [1.29, 1.82) is 0 Å². The second-order valence-electron chi connectivity index (χ2n) is 5.46. The van der Waals surface area contributed by atoms with Crippen LogP contribution < -0.4 is 0 Å². The van der Waals surface area contributed by atoms with Crippen LogP contribution in [0.2, 0.25) is 0 Å². The number of halogens is 1. The maximum absolute atomic E-state index is 13.0. The van der Waals surface area contributed by atoms with Gasteiger partial charge >= 0.3 is 5.97 Å². The van der Waals surface area contributed by atoms with E-state index in [1.807, 2.05) is 0 Å². The first-order valence-electron chi connectivity index (χ1n) is 8.19. The highest BCUT2D eigenvalue weighted by molar-refractivity contribution is 5.94. The first kappa shape index (κ1) is 18.6. The summed E-state index contributed by atoms with van der Waals surface area (Å²) in [4.78, 5) is 29.8. The summed E-state index contributed by atoms with van der Waals surface area (Å²) < 4.78 is 17.9. The van der Waals surface area contributed by atoms with Crippen molar-refractivity contribution in [3.63, 3.8) is 0 Å². The molecule has 2 rings (SSSR count). The minimum absolute atomic E-state index is 0.133. The summed E-state index contributed by atoms with van der Waals surface area (Å²) in [6.07, 6.45) is 3.81. The van der Waals surface area contributed by atoms with Gasteiger partial charge in [-0.05, 0) is 43.2 Å². The van der Waals surface area contributed by atoms with E-state index in [2.05, 4.69) is 4.98 Å². The van der Waals surface area contributed by atoms with E-state index in [0.29, 0.717) is 25.1 Å². The zero-order chi connectivity index (χ0) is 18.1. The van der Waals surface area contributed by atoms with Crippen LogP contribution in [0.1, 0.15) is 29.3 Å². The number of hydrogen-bond donors (Lipinski definition) is 0. The Morgan fingerprint density at radius 3 is 2.40 bits per heavy atom. The Hall–Kier alpha value is -2.76. The molecule has 0 aliphatic carbocycles. The van der Waals surface area contributed by atoms with Crippen molar-refractivity contribution in [2.24, 2.45) is 0 Å². The van der Waals surface area contributed by atoms with Crippen LogP contribution in [-0.4, -0.2) is 41.5 Å². The highest BCUT2D eigenvalue weighted by atomic mass is 19.1. The van der Waals surface area contributed by atoms with Crippen molar-refractivity contribution in [3.05, 3.63) is 65.7 Å². The number of hydrogen-bond acceptors (Lipinski definition) is 4. The van der Waals surface area contributed by atoms with Crippen molar-refractivity contribution in [2.75, 3.05) is 19.7 Å². The van der Waals surface area contributed by atoms with Gasteiger partial charge in [0.05, 0.1) is 13.0 Å². The number of aromatic nitrogens is 1. The van der Waals surface area contributed by atoms with Crippen LogP contribution in [0, 0.1) is 5.82 Å². The number of amides is 1. The van der Waals surface area contributed by atoms with E-state index in [0.717, 1.165) is 5.56 Å². The van der Waals surface area contributed by atoms with E-state index >= 15 is 0 Å². The molecule has 0 N–H and O–H groups in total. The van der Waals surface area contributed by atoms with Gasteiger partial charge in [-0.2, -0.15) is 0 Å². The molecule has 25 heavy (non-hydrogen) atoms. The number of nitrogens with zero attached hydrogens (tertiary/aromatic N) is 2. The molecule has 0 aliphatic rings. The molecule has 6 heteroatoms. The second kappa shape index (κ2) is 9.52. The lowest BCUT2D eigenvalue weighted by Gasteiger charge is -2.22. The molecule has 0 fully saturated rings. The Balaban J connectivity index is 2.03. The fourth-order valence-corrected chi connectivity index (χ4v) is 2.37. The van der Waals surface area contributed by atoms with Gasteiger partial charge in [-0.25, -0.2) is 4.39 Å². The topological polar surface area (TPSA) is 59.5 Å². The molecule has 0 unspecified atom stereocenters. The Kier molecular flexibility index (Phi) is 7.07. The van der Waals surface area contributed by atoms with Crippen LogP contribution in [0.3, 0.4) is 0 Å². The SMILES string of the molecule is CCOC(=O)CCN(CCc1ccc(F)cc1)C(=O)c1ccncc1. The summed E-state index contributed by atoms with van der Waals surface area (Å²) in [6, 6.07) is 9.44.